The Labute approximate surface area is 234 Å². The van der Waals surface area contributed by atoms with Gasteiger partial charge in [0.15, 0.2) is 28.9 Å². The summed E-state index contributed by atoms with van der Waals surface area (Å²) >= 11 is 5.29. The Morgan fingerprint density at radius 2 is 1.44 bits per heavy atom. The largest absolute Gasteiger partial charge is 0.410 e. The summed E-state index contributed by atoms with van der Waals surface area (Å²) in [6.45, 7) is 0. The van der Waals surface area contributed by atoms with Gasteiger partial charge in [-0.25, -0.2) is 9.26 Å². The molecular weight excluding hydrogens is 551 g/mol. The third kappa shape index (κ3) is 7.00. The van der Waals surface area contributed by atoms with E-state index in [4.69, 9.17) is 39.2 Å². The highest BCUT2D eigenvalue weighted by Gasteiger charge is 2.26. The Hall–Kier alpha value is -4.24. The topological polar surface area (TPSA) is 233 Å². The van der Waals surface area contributed by atoms with Gasteiger partial charge in [-0.15, -0.1) is 12.4 Å². The molecule has 0 bridgehead atoms. The minimum Gasteiger partial charge on any atom is -0.410 e. The van der Waals surface area contributed by atoms with Gasteiger partial charge in [0, 0.05) is 6.04 Å². The molecule has 2 aliphatic rings. The molecule has 208 valence electrons. The zero-order chi connectivity index (χ0) is 26.4. The Balaban J connectivity index is 0.000000217. The number of oxime groups is 1. The van der Waals surface area contributed by atoms with Crippen LogP contribution in [0.15, 0.2) is 67.9 Å². The highest BCUT2D eigenvalue weighted by molar-refractivity contribution is 6.69. The Morgan fingerprint density at radius 1 is 0.897 bits per heavy atom. The number of nitrogens with two attached hydrogens (primary N) is 3. The van der Waals surface area contributed by atoms with E-state index in [1.54, 1.807) is 0 Å². The van der Waals surface area contributed by atoms with Crippen LogP contribution >= 0.6 is 24.0 Å². The van der Waals surface area contributed by atoms with Crippen LogP contribution in [-0.2, 0) is 12.8 Å². The summed E-state index contributed by atoms with van der Waals surface area (Å²) in [5.41, 5.74) is 23.8. The number of nitrogens with one attached hydrogen (secondary N) is 1. The third-order valence-corrected chi connectivity index (χ3v) is 5.90. The molecule has 9 N–H and O–H groups in total. The van der Waals surface area contributed by atoms with Crippen molar-refractivity contribution < 1.29 is 19.7 Å². The van der Waals surface area contributed by atoms with Crippen molar-refractivity contribution in [2.24, 2.45) is 15.9 Å². The van der Waals surface area contributed by atoms with Gasteiger partial charge in [0.05, 0.1) is 6.04 Å². The lowest BCUT2D eigenvalue weighted by Gasteiger charge is -2.27. The van der Waals surface area contributed by atoms with Crippen molar-refractivity contribution in [2.75, 3.05) is 11.5 Å². The Kier molecular flexibility index (Phi) is 11.2. The van der Waals surface area contributed by atoms with Crippen LogP contribution in [0.5, 0.6) is 0 Å². The van der Waals surface area contributed by atoms with E-state index in [-0.39, 0.29) is 59.9 Å². The van der Waals surface area contributed by atoms with Gasteiger partial charge in [-0.2, -0.15) is 0 Å². The molecule has 2 aliphatic carbocycles. The number of nitrogen functional groups attached to an aromatic ring is 2. The van der Waals surface area contributed by atoms with Crippen LogP contribution in [0, 0.1) is 0 Å². The molecule has 39 heavy (non-hydrogen) atoms. The molecular formula is C23H28Cl2N10O4. The zero-order valence-electron chi connectivity index (χ0n) is 19.6. The van der Waals surface area contributed by atoms with E-state index in [9.17, 15) is 0 Å². The standard InChI is InChI=1S/C11H11N5O2.C8H9N.C3H3ClN4O2.CH4.ClH/c12-10-9(15-18-16-10)11(14-17)13-8-5-6-3-1-2-4-7(6)8;9-8-5-6-3-1-2-4-7(6)8;4-2(6-9)1-3(5)8-10-7-1;;/h1-4,8,17H,5H2,(H2,12,16)(H,13,14);1-4,8H,5,9H2;9H,(H2,5,8);1H4;1H/b;;6-2-;;. The van der Waals surface area contributed by atoms with Crippen LogP contribution in [0.1, 0.15) is 53.2 Å². The molecule has 0 aliphatic heterocycles. The number of fused-ring (bicyclic) bond motifs is 2. The minimum atomic E-state index is -0.251. The third-order valence-electron chi connectivity index (χ3n) is 5.65. The summed E-state index contributed by atoms with van der Waals surface area (Å²) in [6, 6.07) is 16.7. The lowest BCUT2D eigenvalue weighted by Crippen LogP contribution is -2.25. The van der Waals surface area contributed by atoms with Crippen molar-refractivity contribution in [1.82, 2.24) is 26.1 Å². The number of rotatable bonds is 3. The van der Waals surface area contributed by atoms with Crippen LogP contribution in [-0.4, -0.2) is 42.0 Å². The highest BCUT2D eigenvalue weighted by atomic mass is 35.5. The SMILES string of the molecule is C.Cl.NC1Cc2ccccc21.Nc1nonc1/C(Cl)=N/O.Nc1nonc1C(=NC1Cc2ccccc21)NO. The highest BCUT2D eigenvalue weighted by Crippen LogP contribution is 2.36. The number of aromatic nitrogens is 4. The lowest BCUT2D eigenvalue weighted by molar-refractivity contribution is 0.232. The summed E-state index contributed by atoms with van der Waals surface area (Å²) in [5, 5.41) is 33.1. The van der Waals surface area contributed by atoms with Crippen LogP contribution in [0.3, 0.4) is 0 Å². The number of aliphatic imine (C=N–C) groups is 1. The van der Waals surface area contributed by atoms with Crippen molar-refractivity contribution >= 4 is 46.7 Å². The first kappa shape index (κ1) is 31.0. The van der Waals surface area contributed by atoms with Gasteiger partial charge >= 0.3 is 0 Å². The van der Waals surface area contributed by atoms with E-state index in [1.807, 2.05) is 29.7 Å². The molecule has 2 atom stereocenters. The molecule has 0 radical (unpaired) electrons. The van der Waals surface area contributed by atoms with E-state index in [2.05, 4.69) is 64.3 Å². The number of benzene rings is 2. The van der Waals surface area contributed by atoms with Crippen molar-refractivity contribution in [3.63, 3.8) is 0 Å². The maximum atomic E-state index is 9.09. The maximum Gasteiger partial charge on any atom is 0.201 e. The summed E-state index contributed by atoms with van der Waals surface area (Å²) in [6.07, 6.45) is 1.89. The van der Waals surface area contributed by atoms with Crippen LogP contribution in [0.25, 0.3) is 0 Å². The lowest BCUT2D eigenvalue weighted by atomic mass is 9.84. The first-order chi connectivity index (χ1) is 17.9. The van der Waals surface area contributed by atoms with Crippen molar-refractivity contribution in [3.05, 3.63) is 82.2 Å². The second-order valence-electron chi connectivity index (χ2n) is 7.90. The van der Waals surface area contributed by atoms with Crippen LogP contribution < -0.4 is 22.7 Å². The average Bonchev–Trinajstić information content (AvgIpc) is 3.52. The molecule has 2 unspecified atom stereocenters. The Bertz CT molecular complexity index is 1430. The molecule has 2 aromatic carbocycles. The zero-order valence-corrected chi connectivity index (χ0v) is 21.2. The van der Waals surface area contributed by atoms with Crippen molar-refractivity contribution in [2.45, 2.75) is 32.4 Å². The number of nitrogens with zero attached hydrogens (tertiary/aromatic N) is 6. The number of hydrogen-bond acceptors (Lipinski definition) is 13. The molecule has 0 spiro atoms. The molecule has 0 saturated heterocycles. The summed E-state index contributed by atoms with van der Waals surface area (Å²) in [7, 11) is 0. The summed E-state index contributed by atoms with van der Waals surface area (Å²) < 4.78 is 8.64. The fourth-order valence-corrected chi connectivity index (χ4v) is 3.82. The molecule has 6 rings (SSSR count). The molecule has 16 heteroatoms. The summed E-state index contributed by atoms with van der Waals surface area (Å²) in [5.74, 6) is 0.235. The second kappa shape index (κ2) is 14.1. The first-order valence-electron chi connectivity index (χ1n) is 10.9. The van der Waals surface area contributed by atoms with Gasteiger partial charge in [-0.05, 0) is 55.7 Å². The van der Waals surface area contributed by atoms with Gasteiger partial charge in [0.2, 0.25) is 5.17 Å². The van der Waals surface area contributed by atoms with E-state index in [0.717, 1.165) is 18.4 Å². The predicted molar refractivity (Wildman–Crippen MR) is 147 cm³/mol. The van der Waals surface area contributed by atoms with Gasteiger partial charge in [0.1, 0.15) is 0 Å². The van der Waals surface area contributed by atoms with Gasteiger partial charge in [-0.3, -0.25) is 15.7 Å². The maximum absolute atomic E-state index is 9.09. The number of anilines is 2. The fraction of sp³-hybridized carbons (Fsp3) is 0.217. The van der Waals surface area contributed by atoms with Gasteiger partial charge < -0.3 is 22.4 Å². The molecule has 4 aromatic rings. The first-order valence-corrected chi connectivity index (χ1v) is 11.2. The molecule has 2 heterocycles. The number of halogens is 2. The molecule has 0 fully saturated rings. The normalized spacial score (nSPS) is 16.6. The monoisotopic (exact) mass is 578 g/mol. The van der Waals surface area contributed by atoms with Gasteiger partial charge in [-0.1, -0.05) is 72.7 Å². The second-order valence-corrected chi connectivity index (χ2v) is 8.26. The van der Waals surface area contributed by atoms with E-state index in [0.29, 0.717) is 6.04 Å². The minimum absolute atomic E-state index is 0. The predicted octanol–water partition coefficient (Wildman–Crippen LogP) is 3.00. The molecule has 0 amide bonds. The number of amidine groups is 1. The smallest absolute Gasteiger partial charge is 0.201 e. The van der Waals surface area contributed by atoms with Crippen molar-refractivity contribution in [3.8, 4) is 0 Å². The number of hydrogen-bond donors (Lipinski definition) is 6. The quantitative estimate of drug-likeness (QED) is 0.0890. The average molecular weight is 579 g/mol. The molecule has 14 nitrogen and oxygen atoms in total. The summed E-state index contributed by atoms with van der Waals surface area (Å²) in [4.78, 5) is 4.36. The number of hydroxylamine groups is 1. The molecule has 0 saturated carbocycles. The van der Waals surface area contributed by atoms with E-state index in [1.165, 1.54) is 16.7 Å². The fourth-order valence-electron chi connectivity index (χ4n) is 3.69. The van der Waals surface area contributed by atoms with Crippen molar-refractivity contribution in [1.29, 1.82) is 0 Å². The van der Waals surface area contributed by atoms with E-state index >= 15 is 0 Å². The van der Waals surface area contributed by atoms with E-state index < -0.39 is 0 Å². The Morgan fingerprint density at radius 3 is 1.87 bits per heavy atom. The van der Waals surface area contributed by atoms with Crippen LogP contribution in [0.2, 0.25) is 0 Å². The van der Waals surface area contributed by atoms with Crippen LogP contribution in [0.4, 0.5) is 11.6 Å². The van der Waals surface area contributed by atoms with Gasteiger partial charge in [0.25, 0.3) is 0 Å². The molecule has 2 aromatic heterocycles.